The molecule has 0 bridgehead atoms. The average molecular weight is 394 g/mol. The van der Waals surface area contributed by atoms with Crippen LogP contribution in [0.2, 0.25) is 0 Å². The lowest BCUT2D eigenvalue weighted by molar-refractivity contribution is -0.118. The summed E-state index contributed by atoms with van der Waals surface area (Å²) in [5.41, 5.74) is 2.99. The fourth-order valence-corrected chi connectivity index (χ4v) is 3.70. The Morgan fingerprint density at radius 1 is 1.21 bits per heavy atom. The van der Waals surface area contributed by atoms with Gasteiger partial charge in [-0.25, -0.2) is 14.5 Å². The van der Waals surface area contributed by atoms with Gasteiger partial charge in [-0.3, -0.25) is 4.79 Å². The summed E-state index contributed by atoms with van der Waals surface area (Å²) >= 11 is 0. The third-order valence-electron chi connectivity index (χ3n) is 5.23. The molecular formula is C21H22N4O4. The highest BCUT2D eigenvalue weighted by molar-refractivity contribution is 6.21. The van der Waals surface area contributed by atoms with Crippen molar-refractivity contribution in [2.75, 3.05) is 17.3 Å². The molecule has 0 aromatic heterocycles. The number of carbonyl (C=O) groups excluding carboxylic acids is 3. The number of hydrogen-bond acceptors (Lipinski definition) is 4. The summed E-state index contributed by atoms with van der Waals surface area (Å²) in [5, 5.41) is 5.51. The summed E-state index contributed by atoms with van der Waals surface area (Å²) in [6, 6.07) is 11.3. The van der Waals surface area contributed by atoms with Crippen LogP contribution in [0.15, 0.2) is 42.5 Å². The summed E-state index contributed by atoms with van der Waals surface area (Å²) in [6.07, 6.45) is 0.524. The van der Waals surface area contributed by atoms with E-state index in [1.165, 1.54) is 0 Å². The molecule has 0 radical (unpaired) electrons. The van der Waals surface area contributed by atoms with Crippen molar-refractivity contribution in [2.24, 2.45) is 0 Å². The third kappa shape index (κ3) is 3.37. The number of nitrogens with zero attached hydrogens (tertiary/aromatic N) is 2. The molecule has 8 nitrogen and oxygen atoms in total. The van der Waals surface area contributed by atoms with E-state index < -0.39 is 12.1 Å². The van der Waals surface area contributed by atoms with Gasteiger partial charge in [0.05, 0.1) is 19.3 Å². The first-order valence-electron chi connectivity index (χ1n) is 9.47. The smallest absolute Gasteiger partial charge is 0.329 e. The van der Waals surface area contributed by atoms with Crippen molar-refractivity contribution >= 4 is 29.3 Å². The second-order valence-electron chi connectivity index (χ2n) is 7.02. The summed E-state index contributed by atoms with van der Waals surface area (Å²) in [4.78, 5) is 40.1. The fraction of sp³-hybridized carbons (Fsp3) is 0.286. The molecule has 1 saturated heterocycles. The van der Waals surface area contributed by atoms with Crippen LogP contribution in [0.3, 0.4) is 0 Å². The van der Waals surface area contributed by atoms with E-state index in [1.54, 1.807) is 36.3 Å². The van der Waals surface area contributed by atoms with Gasteiger partial charge in [0.2, 0.25) is 0 Å². The van der Waals surface area contributed by atoms with Gasteiger partial charge in [0, 0.05) is 17.8 Å². The first-order valence-corrected chi connectivity index (χ1v) is 9.47. The number of methoxy groups -OCH3 is 1. The Morgan fingerprint density at radius 2 is 2.00 bits per heavy atom. The molecule has 1 fully saturated rings. The van der Waals surface area contributed by atoms with Crippen molar-refractivity contribution in [1.82, 2.24) is 10.2 Å². The van der Waals surface area contributed by atoms with Crippen molar-refractivity contribution in [3.8, 4) is 5.75 Å². The predicted molar refractivity (Wildman–Crippen MR) is 108 cm³/mol. The molecule has 2 heterocycles. The highest BCUT2D eigenvalue weighted by Crippen LogP contribution is 2.31. The molecule has 2 aromatic carbocycles. The normalized spacial score (nSPS) is 17.9. The summed E-state index contributed by atoms with van der Waals surface area (Å²) in [7, 11) is 1.61. The van der Waals surface area contributed by atoms with Crippen LogP contribution >= 0.6 is 0 Å². The maximum absolute atomic E-state index is 12.8. The summed E-state index contributed by atoms with van der Waals surface area (Å²) < 4.78 is 5.38. The molecule has 150 valence electrons. The van der Waals surface area contributed by atoms with Crippen LogP contribution in [0.4, 0.5) is 21.0 Å². The number of urea groups is 2. The highest BCUT2D eigenvalue weighted by Gasteiger charge is 2.38. The molecule has 1 atom stereocenters. The van der Waals surface area contributed by atoms with Crippen molar-refractivity contribution in [1.29, 1.82) is 0 Å². The molecule has 0 saturated carbocycles. The first kappa shape index (κ1) is 18.8. The molecule has 2 aromatic rings. The fourth-order valence-electron chi connectivity index (χ4n) is 3.70. The van der Waals surface area contributed by atoms with Crippen LogP contribution in [-0.2, 0) is 17.9 Å². The second-order valence-corrected chi connectivity index (χ2v) is 7.02. The third-order valence-corrected chi connectivity index (χ3v) is 5.23. The molecule has 0 aliphatic carbocycles. The van der Waals surface area contributed by atoms with E-state index in [4.69, 9.17) is 4.74 Å². The number of amides is 5. The van der Waals surface area contributed by atoms with E-state index in [2.05, 4.69) is 10.6 Å². The minimum atomic E-state index is -0.515. The largest absolute Gasteiger partial charge is 0.496 e. The monoisotopic (exact) mass is 394 g/mol. The number of nitrogens with one attached hydrogen (secondary N) is 2. The lowest BCUT2D eigenvalue weighted by Crippen LogP contribution is -2.32. The predicted octanol–water partition coefficient (Wildman–Crippen LogP) is 3.08. The van der Waals surface area contributed by atoms with Crippen molar-refractivity contribution in [3.63, 3.8) is 0 Å². The van der Waals surface area contributed by atoms with E-state index in [1.807, 2.05) is 25.1 Å². The van der Waals surface area contributed by atoms with Gasteiger partial charge in [-0.15, -0.1) is 0 Å². The number of carbonyl (C=O) groups is 3. The van der Waals surface area contributed by atoms with E-state index >= 15 is 0 Å². The van der Waals surface area contributed by atoms with Crippen molar-refractivity contribution in [2.45, 2.75) is 32.5 Å². The molecule has 8 heteroatoms. The number of anilines is 2. The maximum atomic E-state index is 12.8. The molecule has 4 rings (SSSR count). The number of fused-ring (bicyclic) bond motifs is 1. The van der Waals surface area contributed by atoms with Gasteiger partial charge in [0.25, 0.3) is 5.91 Å². The van der Waals surface area contributed by atoms with Crippen LogP contribution in [-0.4, -0.2) is 36.0 Å². The molecule has 0 spiro atoms. The summed E-state index contributed by atoms with van der Waals surface area (Å²) in [6.45, 7) is 2.78. The van der Waals surface area contributed by atoms with E-state index in [9.17, 15) is 14.4 Å². The van der Waals surface area contributed by atoms with Gasteiger partial charge >= 0.3 is 12.1 Å². The lowest BCUT2D eigenvalue weighted by Gasteiger charge is -2.18. The summed E-state index contributed by atoms with van der Waals surface area (Å²) in [5.74, 6) is 0.479. The van der Waals surface area contributed by atoms with Crippen LogP contribution in [0.25, 0.3) is 0 Å². The maximum Gasteiger partial charge on any atom is 0.329 e. The Bertz CT molecular complexity index is 990. The Hall–Kier alpha value is -3.55. The molecule has 29 heavy (non-hydrogen) atoms. The Balaban J connectivity index is 1.48. The topological polar surface area (TPSA) is 91.0 Å². The number of ether oxygens (including phenoxy) is 1. The number of benzene rings is 2. The van der Waals surface area contributed by atoms with Gasteiger partial charge in [-0.2, -0.15) is 0 Å². The number of rotatable bonds is 4. The minimum absolute atomic E-state index is 0.260. The van der Waals surface area contributed by atoms with Crippen LogP contribution < -0.4 is 20.3 Å². The average Bonchev–Trinajstić information content (AvgIpc) is 3.28. The quantitative estimate of drug-likeness (QED) is 0.780. The van der Waals surface area contributed by atoms with E-state index in [0.29, 0.717) is 30.9 Å². The standard InChI is InChI=1S/C21H22N4O4/c1-3-17-19(26)25(21(28)23-17)15-8-5-7-14(10-15)22-20(27)24-11-13-6-4-9-18(29-2)16(13)12-24/h4-10,17H,3,11-12H2,1-2H3,(H,22,27)(H,23,28). The van der Waals surface area contributed by atoms with Crippen LogP contribution in [0.1, 0.15) is 24.5 Å². The highest BCUT2D eigenvalue weighted by atomic mass is 16.5. The minimum Gasteiger partial charge on any atom is -0.496 e. The molecule has 5 amide bonds. The molecule has 1 unspecified atom stereocenters. The Kier molecular flexibility index (Phi) is 4.84. The van der Waals surface area contributed by atoms with Gasteiger partial charge in [-0.1, -0.05) is 25.1 Å². The molecule has 2 aliphatic rings. The van der Waals surface area contributed by atoms with E-state index in [-0.39, 0.29) is 11.9 Å². The molecular weight excluding hydrogens is 372 g/mol. The lowest BCUT2D eigenvalue weighted by atomic mass is 10.1. The zero-order valence-electron chi connectivity index (χ0n) is 16.3. The zero-order chi connectivity index (χ0) is 20.5. The SMILES string of the molecule is CCC1NC(=O)N(c2cccc(NC(=O)N3Cc4cccc(OC)c4C3)c2)C1=O. The number of imide groups is 1. The second kappa shape index (κ2) is 7.46. The first-order chi connectivity index (χ1) is 14.0. The van der Waals surface area contributed by atoms with Gasteiger partial charge < -0.3 is 20.3 Å². The molecule has 2 aliphatic heterocycles. The van der Waals surface area contributed by atoms with E-state index in [0.717, 1.165) is 21.8 Å². The molecule has 2 N–H and O–H groups in total. The Labute approximate surface area is 168 Å². The Morgan fingerprint density at radius 3 is 2.72 bits per heavy atom. The van der Waals surface area contributed by atoms with Crippen molar-refractivity contribution < 1.29 is 19.1 Å². The van der Waals surface area contributed by atoms with Crippen molar-refractivity contribution in [3.05, 3.63) is 53.6 Å². The van der Waals surface area contributed by atoms with Crippen LogP contribution in [0.5, 0.6) is 5.75 Å². The zero-order valence-corrected chi connectivity index (χ0v) is 16.3. The number of hydrogen-bond donors (Lipinski definition) is 2. The van der Waals surface area contributed by atoms with Gasteiger partial charge in [0.1, 0.15) is 11.8 Å². The van der Waals surface area contributed by atoms with Crippen LogP contribution in [0, 0.1) is 0 Å². The van der Waals surface area contributed by atoms with Gasteiger partial charge in [0.15, 0.2) is 0 Å². The van der Waals surface area contributed by atoms with Gasteiger partial charge in [-0.05, 0) is 36.2 Å².